The molecule has 2 aliphatic rings. The van der Waals surface area contributed by atoms with E-state index in [1.807, 2.05) is 30.3 Å². The van der Waals surface area contributed by atoms with Gasteiger partial charge in [-0.15, -0.1) is 0 Å². The molecule has 108 valence electrons. The van der Waals surface area contributed by atoms with Crippen LogP contribution >= 0.6 is 11.6 Å². The van der Waals surface area contributed by atoms with Gasteiger partial charge >= 0.3 is 0 Å². The Labute approximate surface area is 128 Å². The van der Waals surface area contributed by atoms with Gasteiger partial charge in [-0.3, -0.25) is 4.79 Å². The third-order valence-electron chi connectivity index (χ3n) is 4.86. The number of benzene rings is 1. The predicted octanol–water partition coefficient (Wildman–Crippen LogP) is 3.81. The first-order valence-electron chi connectivity index (χ1n) is 7.51. The van der Waals surface area contributed by atoms with Gasteiger partial charge in [0.05, 0.1) is 0 Å². The highest BCUT2D eigenvalue weighted by molar-refractivity contribution is 6.34. The lowest BCUT2D eigenvalue weighted by Crippen LogP contribution is -2.31. The van der Waals surface area contributed by atoms with Gasteiger partial charge in [-0.25, -0.2) is 4.98 Å². The second-order valence-corrected chi connectivity index (χ2v) is 6.70. The topological polar surface area (TPSA) is 42.0 Å². The van der Waals surface area contributed by atoms with E-state index < -0.39 is 0 Å². The summed E-state index contributed by atoms with van der Waals surface area (Å²) in [6, 6.07) is 9.53. The van der Waals surface area contributed by atoms with Crippen molar-refractivity contribution < 1.29 is 4.79 Å². The van der Waals surface area contributed by atoms with Gasteiger partial charge in [-0.1, -0.05) is 35.9 Å². The van der Waals surface area contributed by atoms with Gasteiger partial charge in [0.2, 0.25) is 0 Å². The zero-order chi connectivity index (χ0) is 14.4. The smallest absolute Gasteiger partial charge is 0.269 e. The third-order valence-corrected chi connectivity index (χ3v) is 5.15. The number of hydrogen-bond donors (Lipinski definition) is 1. The first kappa shape index (κ1) is 13.1. The third kappa shape index (κ3) is 2.40. The molecule has 0 spiro atoms. The maximum absolute atomic E-state index is 12.3. The van der Waals surface area contributed by atoms with E-state index in [0.717, 1.165) is 23.2 Å². The van der Waals surface area contributed by atoms with Gasteiger partial charge < -0.3 is 5.32 Å². The van der Waals surface area contributed by atoms with Crippen molar-refractivity contribution in [2.45, 2.75) is 25.7 Å². The fourth-order valence-electron chi connectivity index (χ4n) is 3.21. The Balaban J connectivity index is 1.54. The van der Waals surface area contributed by atoms with Crippen molar-refractivity contribution in [1.82, 2.24) is 10.3 Å². The van der Waals surface area contributed by atoms with Crippen LogP contribution in [0.5, 0.6) is 0 Å². The summed E-state index contributed by atoms with van der Waals surface area (Å²) in [5, 5.41) is 5.28. The number of rotatable bonds is 4. The number of nitrogens with one attached hydrogen (secondary N) is 1. The molecule has 0 aliphatic heterocycles. The van der Waals surface area contributed by atoms with Gasteiger partial charge in [0.1, 0.15) is 10.8 Å². The minimum Gasteiger partial charge on any atom is -0.350 e. The molecule has 21 heavy (non-hydrogen) atoms. The molecule has 2 aliphatic carbocycles. The van der Waals surface area contributed by atoms with Crippen molar-refractivity contribution in [3.63, 3.8) is 0 Å². The highest BCUT2D eigenvalue weighted by Crippen LogP contribution is 2.60. The molecule has 1 N–H and O–H groups in total. The van der Waals surface area contributed by atoms with Gasteiger partial charge in [0, 0.05) is 11.9 Å². The summed E-state index contributed by atoms with van der Waals surface area (Å²) in [6.45, 7) is 0.780. The fraction of sp³-hybridized carbons (Fsp3) is 0.412. The standard InChI is InChI=1S/C17H17ClN2O/c18-15-13-4-2-1-3-11(13)9-14(20-15)16(21)19-10-17(7-8-17)12-5-6-12/h1-4,9,12H,5-8,10H2,(H,19,21). The van der Waals surface area contributed by atoms with Crippen molar-refractivity contribution in [2.24, 2.45) is 11.3 Å². The summed E-state index contributed by atoms with van der Waals surface area (Å²) in [5.41, 5.74) is 0.807. The molecule has 0 unspecified atom stereocenters. The largest absolute Gasteiger partial charge is 0.350 e. The average Bonchev–Trinajstić information content (AvgIpc) is 3.37. The summed E-state index contributed by atoms with van der Waals surface area (Å²) in [6.07, 6.45) is 5.17. The van der Waals surface area contributed by atoms with Gasteiger partial charge in [0.15, 0.2) is 0 Å². The molecule has 4 heteroatoms. The molecule has 1 aromatic carbocycles. The van der Waals surface area contributed by atoms with Crippen molar-refractivity contribution in [2.75, 3.05) is 6.54 Å². The van der Waals surface area contributed by atoms with Crippen LogP contribution in [-0.4, -0.2) is 17.4 Å². The van der Waals surface area contributed by atoms with Crippen LogP contribution in [0.4, 0.5) is 0 Å². The van der Waals surface area contributed by atoms with Gasteiger partial charge in [-0.05, 0) is 48.5 Å². The lowest BCUT2D eigenvalue weighted by molar-refractivity contribution is 0.0938. The Kier molecular flexibility index (Phi) is 2.93. The molecule has 0 radical (unpaired) electrons. The summed E-state index contributed by atoms with van der Waals surface area (Å²) in [5.74, 6) is 0.723. The monoisotopic (exact) mass is 300 g/mol. The van der Waals surface area contributed by atoms with E-state index in [1.54, 1.807) is 0 Å². The number of pyridine rings is 1. The second-order valence-electron chi connectivity index (χ2n) is 6.34. The predicted molar refractivity (Wildman–Crippen MR) is 83.5 cm³/mol. The Morgan fingerprint density at radius 3 is 2.81 bits per heavy atom. The molecular formula is C17H17ClN2O. The van der Waals surface area contributed by atoms with Crippen LogP contribution in [0, 0.1) is 11.3 Å². The molecule has 2 fully saturated rings. The van der Waals surface area contributed by atoms with Crippen LogP contribution in [0.1, 0.15) is 36.2 Å². The molecule has 1 aromatic heterocycles. The van der Waals surface area contributed by atoms with E-state index in [2.05, 4.69) is 10.3 Å². The molecule has 4 rings (SSSR count). The molecule has 2 aromatic rings. The SMILES string of the molecule is O=C(NCC1(C2CC2)CC1)c1cc2ccccc2c(Cl)n1. The lowest BCUT2D eigenvalue weighted by Gasteiger charge is -2.15. The number of nitrogens with zero attached hydrogens (tertiary/aromatic N) is 1. The van der Waals surface area contributed by atoms with Crippen molar-refractivity contribution in [3.05, 3.63) is 41.2 Å². The molecule has 2 saturated carbocycles. The number of halogens is 1. The van der Waals surface area contributed by atoms with E-state index in [0.29, 0.717) is 16.3 Å². The van der Waals surface area contributed by atoms with Crippen LogP contribution < -0.4 is 5.32 Å². The van der Waals surface area contributed by atoms with E-state index in [-0.39, 0.29) is 5.91 Å². The molecule has 3 nitrogen and oxygen atoms in total. The number of hydrogen-bond acceptors (Lipinski definition) is 2. The average molecular weight is 301 g/mol. The first-order valence-corrected chi connectivity index (χ1v) is 7.89. The van der Waals surface area contributed by atoms with E-state index in [4.69, 9.17) is 11.6 Å². The lowest BCUT2D eigenvalue weighted by atomic mass is 10.0. The normalized spacial score (nSPS) is 19.5. The van der Waals surface area contributed by atoms with E-state index >= 15 is 0 Å². The molecule has 0 atom stereocenters. The van der Waals surface area contributed by atoms with Crippen molar-refractivity contribution >= 4 is 28.3 Å². The van der Waals surface area contributed by atoms with Crippen LogP contribution in [0.2, 0.25) is 5.15 Å². The van der Waals surface area contributed by atoms with Crippen LogP contribution in [0.3, 0.4) is 0 Å². The zero-order valence-electron chi connectivity index (χ0n) is 11.7. The Morgan fingerprint density at radius 2 is 2.10 bits per heavy atom. The quantitative estimate of drug-likeness (QED) is 0.873. The minimum absolute atomic E-state index is 0.116. The summed E-state index contributed by atoms with van der Waals surface area (Å²) >= 11 is 6.18. The fourth-order valence-corrected chi connectivity index (χ4v) is 3.47. The molecule has 1 amide bonds. The summed E-state index contributed by atoms with van der Waals surface area (Å²) in [7, 11) is 0. The van der Waals surface area contributed by atoms with Gasteiger partial charge in [-0.2, -0.15) is 0 Å². The maximum atomic E-state index is 12.3. The van der Waals surface area contributed by atoms with Crippen molar-refractivity contribution in [3.8, 4) is 0 Å². The van der Waals surface area contributed by atoms with Gasteiger partial charge in [0.25, 0.3) is 5.91 Å². The van der Waals surface area contributed by atoms with Crippen LogP contribution in [0.25, 0.3) is 10.8 Å². The number of carbonyl (C=O) groups excluding carboxylic acids is 1. The van der Waals surface area contributed by atoms with E-state index in [9.17, 15) is 4.79 Å². The molecule has 0 saturated heterocycles. The first-order chi connectivity index (χ1) is 10.2. The highest BCUT2D eigenvalue weighted by atomic mass is 35.5. The number of amides is 1. The number of fused-ring (bicyclic) bond motifs is 1. The number of carbonyl (C=O) groups is 1. The minimum atomic E-state index is -0.116. The second kappa shape index (κ2) is 4.70. The van der Waals surface area contributed by atoms with Crippen LogP contribution in [-0.2, 0) is 0 Å². The zero-order valence-corrected chi connectivity index (χ0v) is 12.5. The number of aromatic nitrogens is 1. The molecular weight excluding hydrogens is 284 g/mol. The summed E-state index contributed by atoms with van der Waals surface area (Å²) in [4.78, 5) is 16.6. The Hall–Kier alpha value is -1.61. The van der Waals surface area contributed by atoms with E-state index in [1.165, 1.54) is 25.7 Å². The van der Waals surface area contributed by atoms with Crippen molar-refractivity contribution in [1.29, 1.82) is 0 Å². The molecule has 0 bridgehead atoms. The maximum Gasteiger partial charge on any atom is 0.269 e. The Bertz CT molecular complexity index is 720. The Morgan fingerprint density at radius 1 is 1.33 bits per heavy atom. The van der Waals surface area contributed by atoms with Crippen LogP contribution in [0.15, 0.2) is 30.3 Å². The molecule has 1 heterocycles. The summed E-state index contributed by atoms with van der Waals surface area (Å²) < 4.78 is 0. The highest BCUT2D eigenvalue weighted by Gasteiger charge is 2.53.